The van der Waals surface area contributed by atoms with Gasteiger partial charge >= 0.3 is 0 Å². The van der Waals surface area contributed by atoms with Gasteiger partial charge in [-0.3, -0.25) is 14.8 Å². The Balaban J connectivity index is 1.52. The van der Waals surface area contributed by atoms with Gasteiger partial charge in [0.2, 0.25) is 5.95 Å². The first kappa shape index (κ1) is 16.3. The van der Waals surface area contributed by atoms with Gasteiger partial charge in [-0.1, -0.05) is 0 Å². The SMILES string of the molecule is O=C(Nc1nc2n(n1)CC(n1cccn1)CC2)c1ccc(F)c(F)c1F. The highest BCUT2D eigenvalue weighted by molar-refractivity contribution is 6.03. The molecule has 1 N–H and O–H groups in total. The van der Waals surface area contributed by atoms with Crippen LogP contribution in [-0.2, 0) is 13.0 Å². The van der Waals surface area contributed by atoms with Gasteiger partial charge in [0.15, 0.2) is 17.5 Å². The first-order chi connectivity index (χ1) is 12.5. The lowest BCUT2D eigenvalue weighted by Gasteiger charge is -2.22. The highest BCUT2D eigenvalue weighted by Gasteiger charge is 2.25. The van der Waals surface area contributed by atoms with Crippen molar-refractivity contribution in [2.45, 2.75) is 25.4 Å². The molecule has 0 saturated carbocycles. The number of rotatable bonds is 3. The number of amides is 1. The molecule has 1 amide bonds. The molecule has 1 atom stereocenters. The second kappa shape index (κ2) is 6.28. The Morgan fingerprint density at radius 2 is 2.08 bits per heavy atom. The molecule has 0 spiro atoms. The number of aromatic nitrogens is 5. The number of hydrogen-bond acceptors (Lipinski definition) is 4. The summed E-state index contributed by atoms with van der Waals surface area (Å²) in [5.74, 6) is -4.90. The van der Waals surface area contributed by atoms with Gasteiger partial charge in [-0.2, -0.15) is 10.1 Å². The van der Waals surface area contributed by atoms with Crippen LogP contribution in [0.1, 0.15) is 28.6 Å². The van der Waals surface area contributed by atoms with Gasteiger partial charge in [0, 0.05) is 18.8 Å². The minimum absolute atomic E-state index is 0.0183. The Bertz CT molecular complexity index is 969. The van der Waals surface area contributed by atoms with Gasteiger partial charge in [0.1, 0.15) is 5.82 Å². The summed E-state index contributed by atoms with van der Waals surface area (Å²) in [6.07, 6.45) is 5.00. The Kier molecular flexibility index (Phi) is 3.94. The largest absolute Gasteiger partial charge is 0.289 e. The summed E-state index contributed by atoms with van der Waals surface area (Å²) in [5.41, 5.74) is -0.619. The molecule has 2 aromatic heterocycles. The van der Waals surface area contributed by atoms with E-state index in [1.165, 1.54) is 0 Å². The molecule has 1 aromatic carbocycles. The summed E-state index contributed by atoms with van der Waals surface area (Å²) >= 11 is 0. The van der Waals surface area contributed by atoms with E-state index < -0.39 is 28.9 Å². The third-order valence-corrected chi connectivity index (χ3v) is 4.24. The average molecular weight is 362 g/mol. The molecule has 1 unspecified atom stereocenters. The molecule has 7 nitrogen and oxygen atoms in total. The number of hydrogen-bond donors (Lipinski definition) is 1. The third kappa shape index (κ3) is 2.83. The van der Waals surface area contributed by atoms with E-state index in [1.807, 2.05) is 16.9 Å². The highest BCUT2D eigenvalue weighted by Crippen LogP contribution is 2.23. The molecule has 1 aliphatic heterocycles. The predicted molar refractivity (Wildman–Crippen MR) is 83.9 cm³/mol. The van der Waals surface area contributed by atoms with E-state index in [1.54, 1.807) is 10.9 Å². The summed E-state index contributed by atoms with van der Waals surface area (Å²) in [6, 6.07) is 3.51. The molecular formula is C16H13F3N6O. The average Bonchev–Trinajstić information content (AvgIpc) is 3.28. The van der Waals surface area contributed by atoms with Crippen LogP contribution in [0.15, 0.2) is 30.6 Å². The lowest BCUT2D eigenvalue weighted by molar-refractivity contribution is 0.102. The van der Waals surface area contributed by atoms with E-state index >= 15 is 0 Å². The van der Waals surface area contributed by atoms with Crippen molar-refractivity contribution < 1.29 is 18.0 Å². The monoisotopic (exact) mass is 362 g/mol. The van der Waals surface area contributed by atoms with Crippen LogP contribution in [0.5, 0.6) is 0 Å². The van der Waals surface area contributed by atoms with Gasteiger partial charge in [0.25, 0.3) is 5.91 Å². The van der Waals surface area contributed by atoms with Gasteiger partial charge in [-0.15, -0.1) is 5.10 Å². The summed E-state index contributed by atoms with van der Waals surface area (Å²) in [6.45, 7) is 0.527. The van der Waals surface area contributed by atoms with Crippen molar-refractivity contribution in [2.75, 3.05) is 5.32 Å². The molecule has 3 heterocycles. The standard InChI is InChI=1S/C16H13F3N6O/c17-11-4-3-10(13(18)14(11)19)15(26)22-16-21-12-5-2-9(8-25(12)23-16)24-7-1-6-20-24/h1,3-4,6-7,9H,2,5,8H2,(H,22,23,26). The van der Waals surface area contributed by atoms with Crippen LogP contribution < -0.4 is 5.32 Å². The van der Waals surface area contributed by atoms with Crippen molar-refractivity contribution in [1.82, 2.24) is 24.5 Å². The number of carbonyl (C=O) groups is 1. The first-order valence-corrected chi connectivity index (χ1v) is 7.90. The van der Waals surface area contributed by atoms with Crippen molar-refractivity contribution in [3.05, 3.63) is 59.4 Å². The second-order valence-corrected chi connectivity index (χ2v) is 5.89. The molecule has 26 heavy (non-hydrogen) atoms. The lowest BCUT2D eigenvalue weighted by atomic mass is 10.1. The fourth-order valence-electron chi connectivity index (χ4n) is 2.93. The summed E-state index contributed by atoms with van der Waals surface area (Å²) in [4.78, 5) is 16.3. The molecule has 1 aliphatic rings. The Morgan fingerprint density at radius 3 is 2.85 bits per heavy atom. The number of fused-ring (bicyclic) bond motifs is 1. The van der Waals surface area contributed by atoms with Crippen LogP contribution in [0, 0.1) is 17.5 Å². The fraction of sp³-hybridized carbons (Fsp3) is 0.250. The summed E-state index contributed by atoms with van der Waals surface area (Å²) in [7, 11) is 0. The van der Waals surface area contributed by atoms with Crippen LogP contribution in [-0.4, -0.2) is 30.5 Å². The van der Waals surface area contributed by atoms with E-state index in [-0.39, 0.29) is 12.0 Å². The summed E-state index contributed by atoms with van der Waals surface area (Å²) < 4.78 is 43.5. The van der Waals surface area contributed by atoms with Crippen molar-refractivity contribution in [1.29, 1.82) is 0 Å². The molecule has 3 aromatic rings. The summed E-state index contributed by atoms with van der Waals surface area (Å²) in [5, 5.41) is 10.7. The molecule has 0 aliphatic carbocycles. The zero-order valence-corrected chi connectivity index (χ0v) is 13.4. The number of carbonyl (C=O) groups excluding carboxylic acids is 1. The number of anilines is 1. The van der Waals surface area contributed by atoms with E-state index in [4.69, 9.17) is 0 Å². The first-order valence-electron chi connectivity index (χ1n) is 7.90. The molecule has 134 valence electrons. The van der Waals surface area contributed by atoms with E-state index in [2.05, 4.69) is 20.5 Å². The lowest BCUT2D eigenvalue weighted by Crippen LogP contribution is -2.24. The third-order valence-electron chi connectivity index (χ3n) is 4.24. The minimum Gasteiger partial charge on any atom is -0.289 e. The topological polar surface area (TPSA) is 77.6 Å². The Morgan fingerprint density at radius 1 is 1.23 bits per heavy atom. The van der Waals surface area contributed by atoms with Crippen LogP contribution >= 0.6 is 0 Å². The predicted octanol–water partition coefficient (Wildman–Crippen LogP) is 2.33. The number of nitrogens with one attached hydrogen (secondary N) is 1. The van der Waals surface area contributed by atoms with Crippen LogP contribution in [0.2, 0.25) is 0 Å². The highest BCUT2D eigenvalue weighted by atomic mass is 19.2. The zero-order valence-electron chi connectivity index (χ0n) is 13.4. The van der Waals surface area contributed by atoms with E-state index in [0.29, 0.717) is 24.9 Å². The van der Waals surface area contributed by atoms with E-state index in [0.717, 1.165) is 12.5 Å². The number of aryl methyl sites for hydroxylation is 1. The Labute approximate surface area is 145 Å². The second-order valence-electron chi connectivity index (χ2n) is 5.89. The Hall–Kier alpha value is -3.17. The van der Waals surface area contributed by atoms with Crippen molar-refractivity contribution >= 4 is 11.9 Å². The number of halogens is 3. The van der Waals surface area contributed by atoms with Crippen molar-refractivity contribution in [3.8, 4) is 0 Å². The smallest absolute Gasteiger partial charge is 0.261 e. The van der Waals surface area contributed by atoms with Crippen LogP contribution in [0.3, 0.4) is 0 Å². The van der Waals surface area contributed by atoms with E-state index in [9.17, 15) is 18.0 Å². The molecule has 0 bridgehead atoms. The zero-order chi connectivity index (χ0) is 18.3. The molecule has 0 radical (unpaired) electrons. The van der Waals surface area contributed by atoms with Gasteiger partial charge in [-0.25, -0.2) is 17.9 Å². The van der Waals surface area contributed by atoms with Crippen molar-refractivity contribution in [3.63, 3.8) is 0 Å². The van der Waals surface area contributed by atoms with Gasteiger partial charge < -0.3 is 0 Å². The normalized spacial score (nSPS) is 16.3. The maximum absolute atomic E-state index is 13.7. The maximum atomic E-state index is 13.7. The number of nitrogens with zero attached hydrogens (tertiary/aromatic N) is 5. The van der Waals surface area contributed by atoms with Crippen LogP contribution in [0.25, 0.3) is 0 Å². The molecule has 10 heteroatoms. The minimum atomic E-state index is -1.70. The van der Waals surface area contributed by atoms with Crippen molar-refractivity contribution in [2.24, 2.45) is 0 Å². The quantitative estimate of drug-likeness (QED) is 0.726. The van der Waals surface area contributed by atoms with Gasteiger partial charge in [0.05, 0.1) is 18.2 Å². The van der Waals surface area contributed by atoms with Gasteiger partial charge in [-0.05, 0) is 24.6 Å². The maximum Gasteiger partial charge on any atom is 0.261 e. The molecule has 0 saturated heterocycles. The number of benzene rings is 1. The van der Waals surface area contributed by atoms with Crippen LogP contribution in [0.4, 0.5) is 19.1 Å². The molecular weight excluding hydrogens is 349 g/mol. The fourth-order valence-corrected chi connectivity index (χ4v) is 2.93. The molecule has 0 fully saturated rings. The molecule has 4 rings (SSSR count).